The van der Waals surface area contributed by atoms with Crippen molar-refractivity contribution in [3.05, 3.63) is 29.8 Å². The monoisotopic (exact) mass is 363 g/mol. The molecule has 0 aliphatic rings. The molecule has 5 nitrogen and oxygen atoms in total. The third-order valence-electron chi connectivity index (χ3n) is 4.40. The number of nitrogens with zero attached hydrogens (tertiary/aromatic N) is 1. The molecule has 0 spiro atoms. The van der Waals surface area contributed by atoms with Crippen LogP contribution in [0.5, 0.6) is 5.75 Å². The summed E-state index contributed by atoms with van der Waals surface area (Å²) in [4.78, 5) is 26.1. The fraction of sp³-hybridized carbons (Fsp3) is 0.619. The van der Waals surface area contributed by atoms with E-state index in [1.54, 1.807) is 11.8 Å². The third-order valence-corrected chi connectivity index (χ3v) is 4.40. The van der Waals surface area contributed by atoms with Gasteiger partial charge < -0.3 is 14.4 Å². The van der Waals surface area contributed by atoms with Crippen LogP contribution in [0.25, 0.3) is 0 Å². The van der Waals surface area contributed by atoms with Gasteiger partial charge in [0.05, 0.1) is 13.0 Å². The number of benzene rings is 1. The van der Waals surface area contributed by atoms with Gasteiger partial charge in [-0.05, 0) is 30.5 Å². The Morgan fingerprint density at radius 3 is 2.58 bits per heavy atom. The minimum Gasteiger partial charge on any atom is -0.484 e. The molecule has 1 aromatic rings. The molecule has 0 fully saturated rings. The summed E-state index contributed by atoms with van der Waals surface area (Å²) in [7, 11) is 1.37. The smallest absolute Gasteiger partial charge is 0.310 e. The zero-order valence-corrected chi connectivity index (χ0v) is 16.6. The van der Waals surface area contributed by atoms with E-state index < -0.39 is 0 Å². The van der Waals surface area contributed by atoms with Gasteiger partial charge in [-0.2, -0.15) is 0 Å². The number of hydrogen-bond donors (Lipinski definition) is 0. The van der Waals surface area contributed by atoms with Gasteiger partial charge in [-0.15, -0.1) is 0 Å². The lowest BCUT2D eigenvalue weighted by atomic mass is 10.1. The van der Waals surface area contributed by atoms with Crippen molar-refractivity contribution in [2.45, 2.75) is 52.9 Å². The van der Waals surface area contributed by atoms with Gasteiger partial charge in [-0.3, -0.25) is 9.59 Å². The second kappa shape index (κ2) is 12.3. The number of esters is 1. The minimum absolute atomic E-state index is 0.0190. The quantitative estimate of drug-likeness (QED) is 0.418. The predicted molar refractivity (Wildman–Crippen MR) is 103 cm³/mol. The molecule has 0 saturated carbocycles. The Hall–Kier alpha value is -2.04. The number of carbonyl (C=O) groups is 2. The fourth-order valence-electron chi connectivity index (χ4n) is 2.75. The summed E-state index contributed by atoms with van der Waals surface area (Å²) in [5.74, 6) is -0.0460. The van der Waals surface area contributed by atoms with Gasteiger partial charge >= 0.3 is 5.97 Å². The summed E-state index contributed by atoms with van der Waals surface area (Å²) in [6.45, 7) is 6.99. The van der Waals surface area contributed by atoms with Crippen LogP contribution in [0.1, 0.15) is 52.0 Å². The van der Waals surface area contributed by atoms with E-state index in [1.807, 2.05) is 24.3 Å². The first-order chi connectivity index (χ1) is 12.5. The first-order valence-corrected chi connectivity index (χ1v) is 9.59. The van der Waals surface area contributed by atoms with Gasteiger partial charge in [0, 0.05) is 13.1 Å². The van der Waals surface area contributed by atoms with E-state index in [0.29, 0.717) is 18.8 Å². The zero-order valence-electron chi connectivity index (χ0n) is 16.6. The predicted octanol–water partition coefficient (Wildman–Crippen LogP) is 3.85. The lowest BCUT2D eigenvalue weighted by Gasteiger charge is -2.25. The molecule has 1 amide bonds. The summed E-state index contributed by atoms with van der Waals surface area (Å²) >= 11 is 0. The molecular weight excluding hydrogens is 330 g/mol. The van der Waals surface area contributed by atoms with Crippen LogP contribution in [0.15, 0.2) is 24.3 Å². The molecule has 0 aliphatic heterocycles. The van der Waals surface area contributed by atoms with E-state index in [4.69, 9.17) is 9.47 Å². The van der Waals surface area contributed by atoms with Crippen LogP contribution in [0, 0.1) is 5.92 Å². The van der Waals surface area contributed by atoms with E-state index in [-0.39, 0.29) is 24.4 Å². The molecule has 5 heteroatoms. The lowest BCUT2D eigenvalue weighted by Crippen LogP contribution is -2.40. The van der Waals surface area contributed by atoms with Crippen molar-refractivity contribution in [3.63, 3.8) is 0 Å². The van der Waals surface area contributed by atoms with Crippen molar-refractivity contribution in [3.8, 4) is 5.75 Å². The normalized spacial score (nSPS) is 11.7. The van der Waals surface area contributed by atoms with E-state index in [2.05, 4.69) is 13.8 Å². The second-order valence-corrected chi connectivity index (χ2v) is 6.61. The highest BCUT2D eigenvalue weighted by atomic mass is 16.5. The summed E-state index contributed by atoms with van der Waals surface area (Å²) in [5, 5.41) is 0. The number of methoxy groups -OCH3 is 1. The second-order valence-electron chi connectivity index (χ2n) is 6.61. The maximum atomic E-state index is 12.6. The Labute approximate surface area is 157 Å². The van der Waals surface area contributed by atoms with Crippen LogP contribution in [0.4, 0.5) is 0 Å². The highest BCUT2D eigenvalue weighted by Gasteiger charge is 2.21. The molecule has 1 rings (SSSR count). The topological polar surface area (TPSA) is 55.8 Å². The number of hydrogen-bond acceptors (Lipinski definition) is 4. The molecule has 0 saturated heterocycles. The van der Waals surface area contributed by atoms with Gasteiger partial charge in [0.1, 0.15) is 5.75 Å². The van der Waals surface area contributed by atoms with Crippen molar-refractivity contribution >= 4 is 11.9 Å². The van der Waals surface area contributed by atoms with Gasteiger partial charge in [0.15, 0.2) is 6.61 Å². The SMILES string of the molecule is CCCCCCN(CC(C)C(=O)OC)C(=O)COc1cccc(CC)c1. The molecule has 0 aromatic heterocycles. The number of aryl methyl sites for hydroxylation is 1. The Morgan fingerprint density at radius 1 is 1.15 bits per heavy atom. The van der Waals surface area contributed by atoms with Gasteiger partial charge in [0.2, 0.25) is 0 Å². The van der Waals surface area contributed by atoms with Gasteiger partial charge in [-0.1, -0.05) is 52.2 Å². The summed E-state index contributed by atoms with van der Waals surface area (Å²) in [6, 6.07) is 7.78. The number of amides is 1. The van der Waals surface area contributed by atoms with Gasteiger partial charge in [0.25, 0.3) is 5.91 Å². The summed E-state index contributed by atoms with van der Waals surface area (Å²) in [5.41, 5.74) is 1.17. The lowest BCUT2D eigenvalue weighted by molar-refractivity contribution is -0.146. The largest absolute Gasteiger partial charge is 0.484 e. The Bertz CT molecular complexity index is 559. The van der Waals surface area contributed by atoms with Crippen molar-refractivity contribution in [2.24, 2.45) is 5.92 Å². The van der Waals surface area contributed by atoms with Crippen LogP contribution < -0.4 is 4.74 Å². The van der Waals surface area contributed by atoms with E-state index in [0.717, 1.165) is 32.1 Å². The highest BCUT2D eigenvalue weighted by molar-refractivity contribution is 5.79. The number of ether oxygens (including phenoxy) is 2. The molecule has 26 heavy (non-hydrogen) atoms. The average Bonchev–Trinajstić information content (AvgIpc) is 2.67. The average molecular weight is 363 g/mol. The summed E-state index contributed by atoms with van der Waals surface area (Å²) in [6.07, 6.45) is 5.22. The molecule has 0 N–H and O–H groups in total. The highest BCUT2D eigenvalue weighted by Crippen LogP contribution is 2.14. The molecule has 0 radical (unpaired) electrons. The molecule has 1 atom stereocenters. The van der Waals surface area contributed by atoms with Crippen LogP contribution in [-0.2, 0) is 20.7 Å². The first-order valence-electron chi connectivity index (χ1n) is 9.59. The van der Waals surface area contributed by atoms with Crippen molar-refractivity contribution in [2.75, 3.05) is 26.8 Å². The first kappa shape index (κ1) is 22.0. The van der Waals surface area contributed by atoms with E-state index >= 15 is 0 Å². The Balaban J connectivity index is 2.64. The summed E-state index contributed by atoms with van der Waals surface area (Å²) < 4.78 is 10.5. The number of carbonyl (C=O) groups excluding carboxylic acids is 2. The molecular formula is C21H33NO4. The third kappa shape index (κ3) is 7.89. The van der Waals surface area contributed by atoms with Crippen molar-refractivity contribution in [1.29, 1.82) is 0 Å². The van der Waals surface area contributed by atoms with Gasteiger partial charge in [-0.25, -0.2) is 0 Å². The van der Waals surface area contributed by atoms with Crippen molar-refractivity contribution in [1.82, 2.24) is 4.90 Å². The molecule has 1 unspecified atom stereocenters. The molecule has 0 heterocycles. The van der Waals surface area contributed by atoms with Crippen LogP contribution in [0.3, 0.4) is 0 Å². The molecule has 0 bridgehead atoms. The fourth-order valence-corrected chi connectivity index (χ4v) is 2.75. The number of unbranched alkanes of at least 4 members (excludes halogenated alkanes) is 3. The minimum atomic E-state index is -0.349. The van der Waals surface area contributed by atoms with Crippen LogP contribution in [-0.4, -0.2) is 43.6 Å². The van der Waals surface area contributed by atoms with E-state index in [9.17, 15) is 9.59 Å². The zero-order chi connectivity index (χ0) is 19.4. The Morgan fingerprint density at radius 2 is 1.92 bits per heavy atom. The molecule has 1 aromatic carbocycles. The van der Waals surface area contributed by atoms with E-state index in [1.165, 1.54) is 12.7 Å². The van der Waals surface area contributed by atoms with Crippen molar-refractivity contribution < 1.29 is 19.1 Å². The maximum absolute atomic E-state index is 12.6. The molecule has 0 aliphatic carbocycles. The standard InChI is InChI=1S/C21H33NO4/c1-5-7-8-9-13-22(15-17(3)21(24)25-4)20(23)16-26-19-12-10-11-18(6-2)14-19/h10-12,14,17H,5-9,13,15-16H2,1-4H3. The number of rotatable bonds is 12. The van der Waals surface area contributed by atoms with Crippen LogP contribution in [0.2, 0.25) is 0 Å². The Kier molecular flexibility index (Phi) is 10.4. The maximum Gasteiger partial charge on any atom is 0.310 e. The molecule has 146 valence electrons. The van der Waals surface area contributed by atoms with Crippen LogP contribution >= 0.6 is 0 Å².